The molecule has 0 saturated carbocycles. The van der Waals surface area contributed by atoms with Crippen molar-refractivity contribution in [3.63, 3.8) is 0 Å². The average molecular weight is 349 g/mol. The summed E-state index contributed by atoms with van der Waals surface area (Å²) in [5.74, 6) is -0.162. The smallest absolute Gasteiger partial charge is 0.271 e. The second kappa shape index (κ2) is 8.44. The topological polar surface area (TPSA) is 164 Å². The Morgan fingerprint density at radius 2 is 2.00 bits per heavy atom. The quantitative estimate of drug-likeness (QED) is 0.267. The third kappa shape index (κ3) is 4.67. The zero-order chi connectivity index (χ0) is 18.4. The number of carbonyl (C=O) groups is 1. The lowest BCUT2D eigenvalue weighted by Crippen LogP contribution is -2.34. The number of hydrogen-bond donors (Lipinski definition) is 6. The van der Waals surface area contributed by atoms with Gasteiger partial charge in [-0.05, 0) is 19.1 Å². The first-order valence-electron chi connectivity index (χ1n) is 7.39. The number of hydrazone groups is 1. The zero-order valence-corrected chi connectivity index (χ0v) is 13.4. The van der Waals surface area contributed by atoms with Gasteiger partial charge >= 0.3 is 0 Å². The molecule has 25 heavy (non-hydrogen) atoms. The van der Waals surface area contributed by atoms with Crippen LogP contribution < -0.4 is 5.43 Å². The Bertz CT molecular complexity index is 733. The van der Waals surface area contributed by atoms with Gasteiger partial charge in [-0.3, -0.25) is 9.78 Å². The van der Waals surface area contributed by atoms with Crippen LogP contribution in [0.15, 0.2) is 35.8 Å². The number of aliphatic hydroxyl groups is 4. The number of H-pyrrole nitrogens is 1. The molecule has 0 spiro atoms. The van der Waals surface area contributed by atoms with Crippen LogP contribution in [0.4, 0.5) is 0 Å². The number of amides is 1. The maximum Gasteiger partial charge on any atom is 0.271 e. The molecule has 10 heteroatoms. The summed E-state index contributed by atoms with van der Waals surface area (Å²) in [6.45, 7) is 0.890. The molecule has 3 atom stereocenters. The van der Waals surface area contributed by atoms with Crippen LogP contribution in [-0.4, -0.2) is 65.8 Å². The van der Waals surface area contributed by atoms with Crippen molar-refractivity contribution in [2.75, 3.05) is 6.61 Å². The summed E-state index contributed by atoms with van der Waals surface area (Å²) < 4.78 is 0. The van der Waals surface area contributed by atoms with E-state index >= 15 is 0 Å². The fourth-order valence-electron chi connectivity index (χ4n) is 1.93. The minimum Gasteiger partial charge on any atom is -0.394 e. The molecule has 0 radical (unpaired) electrons. The molecule has 2 rings (SSSR count). The van der Waals surface area contributed by atoms with Gasteiger partial charge in [0.05, 0.1) is 18.5 Å². The van der Waals surface area contributed by atoms with Crippen molar-refractivity contribution < 1.29 is 25.2 Å². The number of aromatic nitrogens is 3. The van der Waals surface area contributed by atoms with E-state index in [1.54, 1.807) is 6.92 Å². The van der Waals surface area contributed by atoms with E-state index in [0.29, 0.717) is 11.3 Å². The van der Waals surface area contributed by atoms with E-state index < -0.39 is 30.8 Å². The minimum absolute atomic E-state index is 0.130. The largest absolute Gasteiger partial charge is 0.394 e. The van der Waals surface area contributed by atoms with Crippen molar-refractivity contribution in [3.8, 4) is 0 Å². The molecule has 1 amide bonds. The second-order valence-corrected chi connectivity index (χ2v) is 5.25. The zero-order valence-electron chi connectivity index (χ0n) is 13.4. The molecule has 0 bridgehead atoms. The fourth-order valence-corrected chi connectivity index (χ4v) is 1.93. The van der Waals surface area contributed by atoms with Gasteiger partial charge in [0.25, 0.3) is 5.91 Å². The molecule has 134 valence electrons. The maximum atomic E-state index is 11.9. The van der Waals surface area contributed by atoms with E-state index in [2.05, 4.69) is 25.5 Å². The summed E-state index contributed by atoms with van der Waals surface area (Å²) in [5, 5.41) is 41.7. The van der Waals surface area contributed by atoms with Crippen LogP contribution in [0.2, 0.25) is 0 Å². The lowest BCUT2D eigenvalue weighted by Gasteiger charge is -2.20. The fraction of sp³-hybridized carbons (Fsp3) is 0.333. The first-order chi connectivity index (χ1) is 11.9. The number of hydrogen-bond acceptors (Lipinski definition) is 8. The highest BCUT2D eigenvalue weighted by Gasteiger charge is 2.27. The standard InChI is InChI=1S/C15H19N5O5/c1-8(19-20-15(25)9-2-4-16-5-3-9)14-17-6-10(18-14)12(23)13(24)11(22)7-21/h2-6,11-13,21-24H,7H2,1H3,(H,17,18)(H,20,25)/b19-8+/t11-,12-,13-/m1/s1. The average Bonchev–Trinajstić information content (AvgIpc) is 3.14. The van der Waals surface area contributed by atoms with Crippen molar-refractivity contribution in [2.45, 2.75) is 25.2 Å². The van der Waals surface area contributed by atoms with Gasteiger partial charge < -0.3 is 25.4 Å². The highest BCUT2D eigenvalue weighted by atomic mass is 16.4. The SMILES string of the molecule is C/C(=N\NC(=O)c1ccncc1)c1ncc([C@@H](O)[C@H](O)[C@H](O)CO)[nH]1. The Balaban J connectivity index is 2.04. The van der Waals surface area contributed by atoms with E-state index in [1.165, 1.54) is 30.7 Å². The van der Waals surface area contributed by atoms with Crippen LogP contribution in [0.5, 0.6) is 0 Å². The van der Waals surface area contributed by atoms with Gasteiger partial charge in [-0.2, -0.15) is 5.10 Å². The van der Waals surface area contributed by atoms with Crippen LogP contribution in [0.3, 0.4) is 0 Å². The van der Waals surface area contributed by atoms with Crippen LogP contribution >= 0.6 is 0 Å². The Hall–Kier alpha value is -2.66. The minimum atomic E-state index is -1.58. The predicted molar refractivity (Wildman–Crippen MR) is 86.6 cm³/mol. The molecular weight excluding hydrogens is 330 g/mol. The van der Waals surface area contributed by atoms with Gasteiger partial charge in [0.1, 0.15) is 24.0 Å². The summed E-state index contributed by atoms with van der Waals surface area (Å²) in [6.07, 6.45) is -0.312. The molecule has 0 aliphatic heterocycles. The number of aromatic amines is 1. The summed E-state index contributed by atoms with van der Waals surface area (Å²) in [4.78, 5) is 22.4. The van der Waals surface area contributed by atoms with Crippen molar-refractivity contribution in [2.24, 2.45) is 5.10 Å². The summed E-state index contributed by atoms with van der Waals surface area (Å²) in [6, 6.07) is 3.07. The first kappa shape index (κ1) is 18.7. The van der Waals surface area contributed by atoms with Gasteiger partial charge in [-0.25, -0.2) is 10.4 Å². The maximum absolute atomic E-state index is 11.9. The molecule has 2 aromatic heterocycles. The number of rotatable bonds is 7. The number of imidazole rings is 1. The molecule has 0 unspecified atom stereocenters. The van der Waals surface area contributed by atoms with E-state index in [9.17, 15) is 20.1 Å². The molecule has 0 aliphatic carbocycles. The van der Waals surface area contributed by atoms with Crippen molar-refractivity contribution in [3.05, 3.63) is 47.8 Å². The number of pyridine rings is 1. The summed E-state index contributed by atoms with van der Waals surface area (Å²) >= 11 is 0. The molecule has 10 nitrogen and oxygen atoms in total. The Kier molecular flexibility index (Phi) is 6.31. The van der Waals surface area contributed by atoms with Gasteiger partial charge in [-0.15, -0.1) is 0 Å². The van der Waals surface area contributed by atoms with Crippen LogP contribution in [-0.2, 0) is 0 Å². The third-order valence-electron chi connectivity index (χ3n) is 3.43. The molecule has 0 saturated heterocycles. The van der Waals surface area contributed by atoms with Gasteiger partial charge in [-0.1, -0.05) is 0 Å². The Labute approximate surface area is 142 Å². The van der Waals surface area contributed by atoms with Gasteiger partial charge in [0.2, 0.25) is 0 Å². The monoisotopic (exact) mass is 349 g/mol. The van der Waals surface area contributed by atoms with Crippen LogP contribution in [0.1, 0.15) is 34.9 Å². The first-order valence-corrected chi connectivity index (χ1v) is 7.39. The Morgan fingerprint density at radius 1 is 1.32 bits per heavy atom. The molecular formula is C15H19N5O5. The normalized spacial score (nSPS) is 15.5. The van der Waals surface area contributed by atoms with E-state index in [-0.39, 0.29) is 11.5 Å². The second-order valence-electron chi connectivity index (χ2n) is 5.25. The van der Waals surface area contributed by atoms with Crippen LogP contribution in [0.25, 0.3) is 0 Å². The molecule has 6 N–H and O–H groups in total. The molecule has 0 fully saturated rings. The summed E-state index contributed by atoms with van der Waals surface area (Å²) in [5.41, 5.74) is 3.22. The van der Waals surface area contributed by atoms with E-state index in [0.717, 1.165) is 0 Å². The number of aliphatic hydroxyl groups excluding tert-OH is 4. The highest BCUT2D eigenvalue weighted by molar-refractivity contribution is 5.98. The van der Waals surface area contributed by atoms with Crippen molar-refractivity contribution >= 4 is 11.6 Å². The van der Waals surface area contributed by atoms with E-state index in [1.807, 2.05) is 0 Å². The number of nitrogens with one attached hydrogen (secondary N) is 2. The number of carbonyl (C=O) groups excluding carboxylic acids is 1. The number of nitrogens with zero attached hydrogens (tertiary/aromatic N) is 3. The Morgan fingerprint density at radius 3 is 2.64 bits per heavy atom. The lowest BCUT2D eigenvalue weighted by molar-refractivity contribution is -0.0788. The lowest BCUT2D eigenvalue weighted by atomic mass is 10.1. The third-order valence-corrected chi connectivity index (χ3v) is 3.43. The molecule has 0 aromatic carbocycles. The highest BCUT2D eigenvalue weighted by Crippen LogP contribution is 2.17. The van der Waals surface area contributed by atoms with Gasteiger partial charge in [0, 0.05) is 18.0 Å². The van der Waals surface area contributed by atoms with Crippen molar-refractivity contribution in [1.29, 1.82) is 0 Å². The van der Waals surface area contributed by atoms with Crippen LogP contribution in [0, 0.1) is 0 Å². The molecule has 0 aliphatic rings. The summed E-state index contributed by atoms with van der Waals surface area (Å²) in [7, 11) is 0. The predicted octanol–water partition coefficient (Wildman–Crippen LogP) is -1.29. The molecule has 2 aromatic rings. The van der Waals surface area contributed by atoms with Crippen molar-refractivity contribution in [1.82, 2.24) is 20.4 Å². The molecule has 2 heterocycles. The van der Waals surface area contributed by atoms with Gasteiger partial charge in [0.15, 0.2) is 5.82 Å². The van der Waals surface area contributed by atoms with E-state index in [4.69, 9.17) is 5.11 Å².